The van der Waals surface area contributed by atoms with Gasteiger partial charge in [-0.25, -0.2) is 0 Å². The van der Waals surface area contributed by atoms with Crippen LogP contribution in [0.4, 0.5) is 10.5 Å². The highest BCUT2D eigenvalue weighted by Gasteiger charge is 2.36. The van der Waals surface area contributed by atoms with Crippen molar-refractivity contribution in [2.45, 2.75) is 6.61 Å². The maximum atomic E-state index is 12.3. The number of carbonyl (C=O) groups excluding carboxylic acids is 2. The Morgan fingerprint density at radius 1 is 1.31 bits per heavy atom. The summed E-state index contributed by atoms with van der Waals surface area (Å²) in [7, 11) is 1.39. The van der Waals surface area contributed by atoms with Gasteiger partial charge in [-0.15, -0.1) is 0 Å². The van der Waals surface area contributed by atoms with Crippen molar-refractivity contribution in [1.29, 1.82) is 0 Å². The topological polar surface area (TPSA) is 136 Å². The summed E-state index contributed by atoms with van der Waals surface area (Å²) in [6.07, 6.45) is 1.39. The van der Waals surface area contributed by atoms with E-state index in [4.69, 9.17) is 26.2 Å². The third kappa shape index (κ3) is 5.18. The van der Waals surface area contributed by atoms with Crippen molar-refractivity contribution < 1.29 is 33.9 Å². The number of carboxylic acid groups (broad SMARTS) is 1. The molecule has 0 atom stereocenters. The lowest BCUT2D eigenvalue weighted by Gasteiger charge is -2.13. The molecule has 1 N–H and O–H groups in total. The van der Waals surface area contributed by atoms with Crippen LogP contribution in [0.5, 0.6) is 11.5 Å². The fourth-order valence-corrected chi connectivity index (χ4v) is 3.91. The van der Waals surface area contributed by atoms with Crippen LogP contribution in [0.3, 0.4) is 0 Å². The van der Waals surface area contributed by atoms with Gasteiger partial charge in [-0.05, 0) is 41.1 Å². The number of imide groups is 1. The smallest absolute Gasteiger partial charge is 0.323 e. The lowest BCUT2D eigenvalue weighted by atomic mass is 10.1. The van der Waals surface area contributed by atoms with Crippen LogP contribution in [0.2, 0.25) is 5.02 Å². The number of hydrogen-bond acceptors (Lipinski definition) is 8. The Morgan fingerprint density at radius 3 is 2.72 bits per heavy atom. The summed E-state index contributed by atoms with van der Waals surface area (Å²) >= 11 is 6.94. The molecule has 10 nitrogen and oxygen atoms in total. The van der Waals surface area contributed by atoms with Crippen molar-refractivity contribution in [3.63, 3.8) is 0 Å². The van der Waals surface area contributed by atoms with Gasteiger partial charge in [0, 0.05) is 12.1 Å². The molecule has 1 fully saturated rings. The van der Waals surface area contributed by atoms with Crippen LogP contribution in [0.15, 0.2) is 41.3 Å². The quantitative estimate of drug-likeness (QED) is 0.339. The lowest BCUT2D eigenvalue weighted by Crippen LogP contribution is -2.33. The number of ether oxygens (including phenoxy) is 2. The number of methoxy groups -OCH3 is 1. The Balaban J connectivity index is 1.82. The minimum Gasteiger partial charge on any atom is -0.493 e. The van der Waals surface area contributed by atoms with Crippen molar-refractivity contribution in [2.75, 3.05) is 13.7 Å². The van der Waals surface area contributed by atoms with Gasteiger partial charge in [-0.2, -0.15) is 0 Å². The van der Waals surface area contributed by atoms with E-state index in [0.29, 0.717) is 27.8 Å². The van der Waals surface area contributed by atoms with E-state index in [-0.39, 0.29) is 33.7 Å². The third-order valence-electron chi connectivity index (χ3n) is 4.22. The molecule has 2 aromatic carbocycles. The number of aliphatic carboxylic acids is 1. The first-order chi connectivity index (χ1) is 15.2. The normalized spacial score (nSPS) is 14.7. The Bertz CT molecular complexity index is 1150. The molecule has 2 amide bonds. The van der Waals surface area contributed by atoms with Gasteiger partial charge in [0.15, 0.2) is 11.5 Å². The van der Waals surface area contributed by atoms with E-state index in [1.54, 1.807) is 6.07 Å². The van der Waals surface area contributed by atoms with Crippen molar-refractivity contribution in [2.24, 2.45) is 0 Å². The highest BCUT2D eigenvalue weighted by molar-refractivity contribution is 8.18. The van der Waals surface area contributed by atoms with E-state index in [0.717, 1.165) is 0 Å². The predicted molar refractivity (Wildman–Crippen MR) is 116 cm³/mol. The van der Waals surface area contributed by atoms with Crippen LogP contribution in [0.25, 0.3) is 6.08 Å². The number of nitro groups is 1. The molecular weight excluding hydrogens is 464 g/mol. The monoisotopic (exact) mass is 478 g/mol. The molecule has 12 heteroatoms. The fourth-order valence-electron chi connectivity index (χ4n) is 2.80. The first-order valence-corrected chi connectivity index (χ1v) is 10.1. The van der Waals surface area contributed by atoms with E-state index in [9.17, 15) is 24.5 Å². The molecule has 1 aliphatic heterocycles. The highest BCUT2D eigenvalue weighted by atomic mass is 35.5. The van der Waals surface area contributed by atoms with E-state index >= 15 is 0 Å². The molecule has 2 aromatic rings. The summed E-state index contributed by atoms with van der Waals surface area (Å²) in [4.78, 5) is 46.1. The number of benzene rings is 2. The Kier molecular flexibility index (Phi) is 7.01. The molecule has 0 saturated carbocycles. The number of nitro benzene ring substituents is 1. The van der Waals surface area contributed by atoms with Crippen LogP contribution in [-0.4, -0.2) is 45.7 Å². The van der Waals surface area contributed by atoms with Gasteiger partial charge in [0.1, 0.15) is 13.2 Å². The molecule has 0 bridgehead atoms. The number of carbonyl (C=O) groups is 3. The van der Waals surface area contributed by atoms with Gasteiger partial charge in [0.2, 0.25) is 0 Å². The minimum absolute atomic E-state index is 0.00875. The molecule has 0 aromatic heterocycles. The van der Waals surface area contributed by atoms with Crippen LogP contribution < -0.4 is 9.47 Å². The van der Waals surface area contributed by atoms with Crippen molar-refractivity contribution in [3.8, 4) is 11.5 Å². The number of halogens is 1. The maximum Gasteiger partial charge on any atom is 0.323 e. The zero-order chi connectivity index (χ0) is 23.4. The molecule has 3 rings (SSSR count). The molecule has 0 radical (unpaired) electrons. The molecule has 1 saturated heterocycles. The standard InChI is InChI=1S/C20H15ClN2O8S/c1-30-15-7-12(8-16-19(26)22(9-17(24)25)20(27)32-16)6-14(21)18(15)31-10-11-3-2-4-13(5-11)23(28)29/h2-8H,9-10H2,1H3,(H,24,25)/b16-8+. The summed E-state index contributed by atoms with van der Waals surface area (Å²) in [5.41, 5.74) is 0.903. The first-order valence-electron chi connectivity index (χ1n) is 8.90. The summed E-state index contributed by atoms with van der Waals surface area (Å²) in [6.45, 7) is -0.734. The molecule has 0 aliphatic carbocycles. The van der Waals surface area contributed by atoms with E-state index in [1.807, 2.05) is 0 Å². The number of nitrogens with zero attached hydrogens (tertiary/aromatic N) is 2. The van der Waals surface area contributed by atoms with Crippen LogP contribution in [-0.2, 0) is 16.2 Å². The van der Waals surface area contributed by atoms with E-state index in [1.165, 1.54) is 43.5 Å². The summed E-state index contributed by atoms with van der Waals surface area (Å²) in [5.74, 6) is -1.59. The number of amides is 2. The van der Waals surface area contributed by atoms with Crippen LogP contribution >= 0.6 is 23.4 Å². The fraction of sp³-hybridized carbons (Fsp3) is 0.150. The number of non-ortho nitro benzene ring substituents is 1. The second-order valence-electron chi connectivity index (χ2n) is 6.41. The van der Waals surface area contributed by atoms with Gasteiger partial charge >= 0.3 is 5.97 Å². The van der Waals surface area contributed by atoms with Gasteiger partial charge in [-0.1, -0.05) is 23.7 Å². The second-order valence-corrected chi connectivity index (χ2v) is 7.81. The van der Waals surface area contributed by atoms with Crippen molar-refractivity contribution in [3.05, 3.63) is 67.6 Å². The minimum atomic E-state index is -1.30. The predicted octanol–water partition coefficient (Wildman–Crippen LogP) is 3.96. The van der Waals surface area contributed by atoms with Gasteiger partial charge in [0.25, 0.3) is 16.8 Å². The largest absolute Gasteiger partial charge is 0.493 e. The van der Waals surface area contributed by atoms with Gasteiger partial charge in [-0.3, -0.25) is 29.4 Å². The maximum absolute atomic E-state index is 12.3. The van der Waals surface area contributed by atoms with E-state index < -0.39 is 28.6 Å². The third-order valence-corrected chi connectivity index (χ3v) is 5.41. The Morgan fingerprint density at radius 2 is 2.06 bits per heavy atom. The van der Waals surface area contributed by atoms with E-state index in [2.05, 4.69) is 0 Å². The molecule has 1 aliphatic rings. The number of carboxylic acids is 1. The Labute approximate surface area is 190 Å². The zero-order valence-electron chi connectivity index (χ0n) is 16.4. The SMILES string of the molecule is COc1cc(/C=C2/SC(=O)N(CC(=O)O)C2=O)cc(Cl)c1OCc1cccc([N+](=O)[O-])c1. The first kappa shape index (κ1) is 23.1. The highest BCUT2D eigenvalue weighted by Crippen LogP contribution is 2.39. The van der Waals surface area contributed by atoms with Crippen LogP contribution in [0.1, 0.15) is 11.1 Å². The summed E-state index contributed by atoms with van der Waals surface area (Å²) in [6, 6.07) is 8.95. The average Bonchev–Trinajstić information content (AvgIpc) is 2.99. The van der Waals surface area contributed by atoms with Crippen LogP contribution in [0, 0.1) is 10.1 Å². The number of thioether (sulfide) groups is 1. The molecule has 32 heavy (non-hydrogen) atoms. The second kappa shape index (κ2) is 9.71. The average molecular weight is 479 g/mol. The summed E-state index contributed by atoms with van der Waals surface area (Å²) < 4.78 is 11.0. The van der Waals surface area contributed by atoms with Gasteiger partial charge in [0.05, 0.1) is 22.0 Å². The van der Waals surface area contributed by atoms with Gasteiger partial charge < -0.3 is 14.6 Å². The van der Waals surface area contributed by atoms with Crippen molar-refractivity contribution >= 4 is 52.2 Å². The Hall–Kier alpha value is -3.57. The molecule has 1 heterocycles. The molecule has 166 valence electrons. The molecule has 0 spiro atoms. The number of rotatable bonds is 8. The molecular formula is C20H15ClN2O8S. The zero-order valence-corrected chi connectivity index (χ0v) is 18.0. The summed E-state index contributed by atoms with van der Waals surface area (Å²) in [5, 5.41) is 19.2. The number of hydrogen-bond donors (Lipinski definition) is 1. The lowest BCUT2D eigenvalue weighted by molar-refractivity contribution is -0.384. The van der Waals surface area contributed by atoms with Crippen molar-refractivity contribution in [1.82, 2.24) is 4.90 Å². The molecule has 0 unspecified atom stereocenters.